The Morgan fingerprint density at radius 2 is 1.63 bits per heavy atom. The number of carbonyl (C=O) groups excluding carboxylic acids is 2. The molecule has 1 atom stereocenters. The molecule has 14 nitrogen and oxygen atoms in total. The Morgan fingerprint density at radius 1 is 0.903 bits per heavy atom. The molecule has 1 aliphatic carbocycles. The van der Waals surface area contributed by atoms with Crippen molar-refractivity contribution < 1.29 is 32.6 Å². The molecule has 2 aliphatic heterocycles. The summed E-state index contributed by atoms with van der Waals surface area (Å²) in [7, 11) is 1.71. The number of imide groups is 1. The highest BCUT2D eigenvalue weighted by Gasteiger charge is 2.32. The standard InChI is InChI=1S/C45H56F3N9O5/c1-53-39-26-30(7-14-37(39)57(44(53)61)38-15-16-40(59)51-42(38)60)4-2-24-62-25-3-19-54-20-22-55(23-21-54)28-31-5-8-32(9-6-31)36-29-56(33-10-12-34(58)13-11-33)41-35(36)27-50-43(52-41)49-18-17-45(46,47)48/h5-9,14,26-27,29,33-34,38,58H,2-4,10-13,15-25,28H2,1H3,(H,49,50,52)(H,51,59,60)/t33-,34-,38-/m0/s1. The number of benzene rings is 2. The second-order valence-electron chi connectivity index (χ2n) is 17.0. The van der Waals surface area contributed by atoms with E-state index in [1.165, 1.54) is 10.1 Å². The molecule has 0 bridgehead atoms. The van der Waals surface area contributed by atoms with Crippen LogP contribution in [0.4, 0.5) is 19.1 Å². The zero-order chi connectivity index (χ0) is 43.4. The molecule has 3 fully saturated rings. The molecule has 3 N–H and O–H groups in total. The van der Waals surface area contributed by atoms with Gasteiger partial charge in [-0.05, 0) is 80.2 Å². The van der Waals surface area contributed by atoms with Crippen LogP contribution in [0, 0.1) is 0 Å². The minimum atomic E-state index is -4.26. The number of fused-ring (bicyclic) bond motifs is 2. The number of halogens is 3. The molecular weight excluding hydrogens is 804 g/mol. The van der Waals surface area contributed by atoms with Crippen LogP contribution in [0.2, 0.25) is 0 Å². The molecule has 3 aliphatic rings. The highest BCUT2D eigenvalue weighted by molar-refractivity contribution is 6.00. The van der Waals surface area contributed by atoms with Crippen molar-refractivity contribution in [1.82, 2.24) is 38.8 Å². The first-order chi connectivity index (χ1) is 29.9. The summed E-state index contributed by atoms with van der Waals surface area (Å²) in [6.07, 6.45) is 4.37. The van der Waals surface area contributed by atoms with Gasteiger partial charge in [0.05, 0.1) is 23.6 Å². The molecule has 5 aromatic rings. The van der Waals surface area contributed by atoms with Crippen LogP contribution in [0.15, 0.2) is 59.7 Å². The fraction of sp³-hybridized carbons (Fsp3) is 0.533. The highest BCUT2D eigenvalue weighted by Crippen LogP contribution is 2.37. The predicted octanol–water partition coefficient (Wildman–Crippen LogP) is 5.73. The van der Waals surface area contributed by atoms with Crippen LogP contribution in [-0.2, 0) is 34.3 Å². The molecule has 5 heterocycles. The number of anilines is 1. The van der Waals surface area contributed by atoms with E-state index in [-0.39, 0.29) is 42.7 Å². The third-order valence-corrected chi connectivity index (χ3v) is 12.7. The average molecular weight is 860 g/mol. The molecule has 0 unspecified atom stereocenters. The van der Waals surface area contributed by atoms with E-state index in [1.807, 2.05) is 18.2 Å². The number of hydrogen-bond donors (Lipinski definition) is 3. The Labute approximate surface area is 358 Å². The van der Waals surface area contributed by atoms with E-state index < -0.39 is 24.5 Å². The van der Waals surface area contributed by atoms with E-state index in [0.29, 0.717) is 43.6 Å². The number of aryl methyl sites for hydroxylation is 2. The lowest BCUT2D eigenvalue weighted by atomic mass is 9.93. The fourth-order valence-corrected chi connectivity index (χ4v) is 9.16. The number of alkyl halides is 3. The summed E-state index contributed by atoms with van der Waals surface area (Å²) in [4.78, 5) is 51.2. The molecule has 332 valence electrons. The molecule has 3 aromatic heterocycles. The van der Waals surface area contributed by atoms with Crippen LogP contribution in [0.5, 0.6) is 0 Å². The lowest BCUT2D eigenvalue weighted by Gasteiger charge is -2.34. The van der Waals surface area contributed by atoms with Crippen molar-refractivity contribution in [2.45, 2.75) is 95.1 Å². The summed E-state index contributed by atoms with van der Waals surface area (Å²) >= 11 is 0. The SMILES string of the molecule is Cn1c(=O)n([C@H]2CCC(=O)NC2=O)c2ccc(CCCOCCCN3CCN(Cc4ccc(-c5cn([C@H]6CC[C@H](O)CC6)c6nc(NCCC(F)(F)F)ncc56)cc4)CC3)cc21. The van der Waals surface area contributed by atoms with Gasteiger partial charge in [-0.2, -0.15) is 18.2 Å². The monoisotopic (exact) mass is 859 g/mol. The van der Waals surface area contributed by atoms with Gasteiger partial charge in [0.1, 0.15) is 11.7 Å². The first-order valence-electron chi connectivity index (χ1n) is 21.9. The number of nitrogens with one attached hydrogen (secondary N) is 2. The quantitative estimate of drug-likeness (QED) is 0.0830. The molecule has 8 rings (SSSR count). The number of hydrogen-bond acceptors (Lipinski definition) is 10. The first kappa shape index (κ1) is 43.5. The zero-order valence-corrected chi connectivity index (χ0v) is 35.2. The lowest BCUT2D eigenvalue weighted by molar-refractivity contribution is -0.136. The second-order valence-corrected chi connectivity index (χ2v) is 17.0. The van der Waals surface area contributed by atoms with E-state index in [0.717, 1.165) is 99.0 Å². The van der Waals surface area contributed by atoms with Crippen LogP contribution in [0.3, 0.4) is 0 Å². The Hall–Kier alpha value is -5.10. The Balaban J connectivity index is 0.771. The molecule has 62 heavy (non-hydrogen) atoms. The number of carbonyl (C=O) groups is 2. The number of nitrogens with zero attached hydrogens (tertiary/aromatic N) is 7. The first-order valence-corrected chi connectivity index (χ1v) is 21.9. The van der Waals surface area contributed by atoms with Crippen LogP contribution in [0.1, 0.15) is 81.0 Å². The number of aliphatic hydroxyl groups is 1. The van der Waals surface area contributed by atoms with Crippen molar-refractivity contribution in [1.29, 1.82) is 0 Å². The van der Waals surface area contributed by atoms with Crippen LogP contribution >= 0.6 is 0 Å². The summed E-state index contributed by atoms with van der Waals surface area (Å²) in [5, 5.41) is 16.1. The number of imidazole rings is 1. The summed E-state index contributed by atoms with van der Waals surface area (Å²) in [6.45, 7) is 6.85. The van der Waals surface area contributed by atoms with Crippen molar-refractivity contribution in [2.24, 2.45) is 7.05 Å². The van der Waals surface area contributed by atoms with Crippen molar-refractivity contribution in [2.75, 3.05) is 57.8 Å². The van der Waals surface area contributed by atoms with Gasteiger partial charge in [-0.15, -0.1) is 0 Å². The molecule has 0 spiro atoms. The third kappa shape index (κ3) is 10.2. The summed E-state index contributed by atoms with van der Waals surface area (Å²) in [5.74, 6) is -0.571. The van der Waals surface area contributed by atoms with Crippen LogP contribution < -0.4 is 16.3 Å². The number of aromatic nitrogens is 5. The van der Waals surface area contributed by atoms with E-state index in [2.05, 4.69) is 65.4 Å². The highest BCUT2D eigenvalue weighted by atomic mass is 19.4. The van der Waals surface area contributed by atoms with Gasteiger partial charge in [-0.25, -0.2) is 9.78 Å². The van der Waals surface area contributed by atoms with Crippen molar-refractivity contribution >= 4 is 39.8 Å². The van der Waals surface area contributed by atoms with Crippen molar-refractivity contribution in [3.63, 3.8) is 0 Å². The number of rotatable bonds is 16. The Kier molecular flexibility index (Phi) is 13.4. The van der Waals surface area contributed by atoms with E-state index in [9.17, 15) is 32.7 Å². The van der Waals surface area contributed by atoms with Gasteiger partial charge in [0.2, 0.25) is 17.8 Å². The molecule has 2 aromatic carbocycles. The number of piperazine rings is 1. The van der Waals surface area contributed by atoms with Gasteiger partial charge in [-0.3, -0.25) is 28.9 Å². The average Bonchev–Trinajstić information content (AvgIpc) is 3.74. The van der Waals surface area contributed by atoms with Crippen molar-refractivity contribution in [3.8, 4) is 11.1 Å². The molecule has 2 amide bonds. The van der Waals surface area contributed by atoms with Gasteiger partial charge < -0.3 is 24.6 Å². The van der Waals surface area contributed by atoms with E-state index in [1.54, 1.807) is 17.8 Å². The van der Waals surface area contributed by atoms with Crippen molar-refractivity contribution in [3.05, 3.63) is 76.5 Å². The van der Waals surface area contributed by atoms with Gasteiger partial charge in [0.25, 0.3) is 0 Å². The van der Waals surface area contributed by atoms with E-state index >= 15 is 0 Å². The Morgan fingerprint density at radius 3 is 2.37 bits per heavy atom. The smallest absolute Gasteiger partial charge is 0.390 e. The maximum absolute atomic E-state index is 13.1. The van der Waals surface area contributed by atoms with Gasteiger partial charge in [0, 0.05) is 102 Å². The fourth-order valence-electron chi connectivity index (χ4n) is 9.16. The van der Waals surface area contributed by atoms with Gasteiger partial charge in [0.15, 0.2) is 0 Å². The topological polar surface area (TPSA) is 152 Å². The summed E-state index contributed by atoms with van der Waals surface area (Å²) in [6, 6.07) is 13.9. The molecule has 2 saturated heterocycles. The normalized spacial score (nSPS) is 20.6. The minimum Gasteiger partial charge on any atom is -0.393 e. The number of aliphatic hydroxyl groups excluding tert-OH is 1. The summed E-state index contributed by atoms with van der Waals surface area (Å²) in [5.41, 5.74) is 6.19. The number of piperidine rings is 1. The molecular formula is C45H56F3N9O5. The summed E-state index contributed by atoms with van der Waals surface area (Å²) < 4.78 is 49.5. The largest absolute Gasteiger partial charge is 0.393 e. The minimum absolute atomic E-state index is 0.133. The third-order valence-electron chi connectivity index (χ3n) is 12.7. The van der Waals surface area contributed by atoms with E-state index in [4.69, 9.17) is 4.74 Å². The van der Waals surface area contributed by atoms with Gasteiger partial charge in [-0.1, -0.05) is 30.3 Å². The Bertz CT molecular complexity index is 2410. The maximum Gasteiger partial charge on any atom is 0.390 e. The number of ether oxygens (including phenoxy) is 1. The zero-order valence-electron chi connectivity index (χ0n) is 35.2. The van der Waals surface area contributed by atoms with Crippen LogP contribution in [0.25, 0.3) is 33.2 Å². The number of amides is 2. The maximum atomic E-state index is 13.1. The molecule has 0 radical (unpaired) electrons. The second kappa shape index (κ2) is 19.1. The molecule has 1 saturated carbocycles. The predicted molar refractivity (Wildman–Crippen MR) is 230 cm³/mol. The lowest BCUT2D eigenvalue weighted by Crippen LogP contribution is -2.46. The van der Waals surface area contributed by atoms with Gasteiger partial charge >= 0.3 is 11.9 Å². The molecule has 17 heteroatoms. The van der Waals surface area contributed by atoms with Crippen LogP contribution in [-0.4, -0.2) is 115 Å².